The van der Waals surface area contributed by atoms with Crippen LogP contribution in [0.3, 0.4) is 0 Å². The molecule has 4 aromatic heterocycles. The van der Waals surface area contributed by atoms with E-state index in [4.69, 9.17) is 14.4 Å². The number of para-hydroxylation sites is 2. The molecule has 0 amide bonds. The molecule has 0 aliphatic heterocycles. The summed E-state index contributed by atoms with van der Waals surface area (Å²) < 4.78 is 11.8. The third-order valence-electron chi connectivity index (χ3n) is 9.99. The first kappa shape index (κ1) is 28.3. The highest BCUT2D eigenvalue weighted by Gasteiger charge is 2.25. The first-order chi connectivity index (χ1) is 25.3. The molecule has 4 nitrogen and oxygen atoms in total. The van der Waals surface area contributed by atoms with E-state index in [0.29, 0.717) is 5.82 Å². The Hall–Kier alpha value is -6.56. The molecule has 11 rings (SSSR count). The highest BCUT2D eigenvalue weighted by Crippen LogP contribution is 2.50. The molecular formula is C46H27N3OS. The summed E-state index contributed by atoms with van der Waals surface area (Å²) in [6, 6.07) is 57.3. The van der Waals surface area contributed by atoms with E-state index >= 15 is 0 Å². The molecule has 7 aromatic carbocycles. The van der Waals surface area contributed by atoms with Crippen molar-refractivity contribution in [3.63, 3.8) is 0 Å². The second-order valence-electron chi connectivity index (χ2n) is 12.9. The molecule has 0 atom stereocenters. The van der Waals surface area contributed by atoms with Gasteiger partial charge in [-0.3, -0.25) is 0 Å². The minimum Gasteiger partial charge on any atom is -0.454 e. The van der Waals surface area contributed by atoms with Gasteiger partial charge < -0.3 is 8.98 Å². The molecule has 11 aromatic rings. The fourth-order valence-electron chi connectivity index (χ4n) is 7.76. The number of thiophene rings is 1. The molecule has 0 radical (unpaired) electrons. The number of hydrogen-bond donors (Lipinski definition) is 0. The second-order valence-corrected chi connectivity index (χ2v) is 14.0. The van der Waals surface area contributed by atoms with Gasteiger partial charge in [-0.1, -0.05) is 127 Å². The zero-order valence-electron chi connectivity index (χ0n) is 27.2. The summed E-state index contributed by atoms with van der Waals surface area (Å²) >= 11 is 1.87. The van der Waals surface area contributed by atoms with Gasteiger partial charge in [0, 0.05) is 64.1 Å². The van der Waals surface area contributed by atoms with Crippen LogP contribution in [-0.4, -0.2) is 14.5 Å². The van der Waals surface area contributed by atoms with Gasteiger partial charge in [0.2, 0.25) is 0 Å². The predicted octanol–water partition coefficient (Wildman–Crippen LogP) is 12.8. The summed E-state index contributed by atoms with van der Waals surface area (Å²) in [5, 5.41) is 7.26. The predicted molar refractivity (Wildman–Crippen MR) is 213 cm³/mol. The number of rotatable bonds is 4. The van der Waals surface area contributed by atoms with E-state index in [1.54, 1.807) is 0 Å². The Morgan fingerprint density at radius 1 is 0.490 bits per heavy atom. The summed E-state index contributed by atoms with van der Waals surface area (Å²) in [6.07, 6.45) is 0. The number of furan rings is 1. The van der Waals surface area contributed by atoms with Crippen molar-refractivity contribution in [2.24, 2.45) is 0 Å². The molecule has 0 unspecified atom stereocenters. The first-order valence-electron chi connectivity index (χ1n) is 17.1. The van der Waals surface area contributed by atoms with Crippen LogP contribution in [0.2, 0.25) is 0 Å². The van der Waals surface area contributed by atoms with Gasteiger partial charge in [0.1, 0.15) is 5.58 Å². The number of nitrogens with zero attached hydrogens (tertiary/aromatic N) is 3. The molecule has 51 heavy (non-hydrogen) atoms. The van der Waals surface area contributed by atoms with Gasteiger partial charge in [0.25, 0.3) is 0 Å². The van der Waals surface area contributed by atoms with Crippen LogP contribution in [0.15, 0.2) is 168 Å². The average molecular weight is 670 g/mol. The zero-order valence-corrected chi connectivity index (χ0v) is 28.1. The van der Waals surface area contributed by atoms with Crippen molar-refractivity contribution >= 4 is 75.3 Å². The van der Waals surface area contributed by atoms with E-state index < -0.39 is 0 Å². The van der Waals surface area contributed by atoms with Crippen LogP contribution in [0.25, 0.3) is 104 Å². The average Bonchev–Trinajstić information content (AvgIpc) is 3.88. The van der Waals surface area contributed by atoms with Crippen molar-refractivity contribution in [1.29, 1.82) is 0 Å². The minimum absolute atomic E-state index is 0.699. The van der Waals surface area contributed by atoms with Crippen LogP contribution in [0.4, 0.5) is 0 Å². The zero-order chi connectivity index (χ0) is 33.5. The third-order valence-corrected chi connectivity index (χ3v) is 11.2. The summed E-state index contributed by atoms with van der Waals surface area (Å²) in [5.41, 5.74) is 9.86. The van der Waals surface area contributed by atoms with Crippen molar-refractivity contribution in [3.05, 3.63) is 164 Å². The second kappa shape index (κ2) is 11.0. The Balaban J connectivity index is 1.23. The third kappa shape index (κ3) is 4.25. The Kier molecular flexibility index (Phi) is 6.09. The van der Waals surface area contributed by atoms with Gasteiger partial charge in [-0.25, -0.2) is 9.97 Å². The smallest absolute Gasteiger partial charge is 0.160 e. The molecule has 238 valence electrons. The number of aromatic nitrogens is 3. The molecule has 5 heteroatoms. The van der Waals surface area contributed by atoms with E-state index in [9.17, 15) is 0 Å². The van der Waals surface area contributed by atoms with Gasteiger partial charge in [-0.2, -0.15) is 0 Å². The molecule has 0 saturated carbocycles. The van der Waals surface area contributed by atoms with Crippen LogP contribution >= 0.6 is 11.3 Å². The summed E-state index contributed by atoms with van der Waals surface area (Å²) in [4.78, 5) is 10.2. The number of fused-ring (bicyclic) bond motifs is 12. The van der Waals surface area contributed by atoms with Crippen LogP contribution in [0, 0.1) is 0 Å². The van der Waals surface area contributed by atoms with Gasteiger partial charge in [0.15, 0.2) is 11.4 Å². The summed E-state index contributed by atoms with van der Waals surface area (Å²) in [6.45, 7) is 0. The van der Waals surface area contributed by atoms with Gasteiger partial charge in [0.05, 0.1) is 22.4 Å². The molecule has 0 aliphatic rings. The van der Waals surface area contributed by atoms with E-state index in [2.05, 4.69) is 144 Å². The lowest BCUT2D eigenvalue weighted by molar-refractivity contribution is 0.671. The van der Waals surface area contributed by atoms with E-state index in [-0.39, 0.29) is 0 Å². The summed E-state index contributed by atoms with van der Waals surface area (Å²) in [5.74, 6) is 0.699. The highest BCUT2D eigenvalue weighted by molar-refractivity contribution is 7.27. The molecule has 0 aliphatic carbocycles. The van der Waals surface area contributed by atoms with E-state index in [0.717, 1.165) is 61.4 Å². The Labute approximate surface area is 296 Å². The van der Waals surface area contributed by atoms with Crippen molar-refractivity contribution < 1.29 is 4.42 Å². The topological polar surface area (TPSA) is 43.9 Å². The largest absolute Gasteiger partial charge is 0.454 e. The SMILES string of the molecule is c1ccc(-c2cc(-c3cccc(-n4c5ccccc5c5c6sc7ccccc7c6c6c7ccccc7oc6c54)c3)nc(-c3ccccc3)n2)cc1. The Morgan fingerprint density at radius 3 is 1.96 bits per heavy atom. The number of hydrogen-bond acceptors (Lipinski definition) is 4. The fraction of sp³-hybridized carbons (Fsp3) is 0. The maximum Gasteiger partial charge on any atom is 0.160 e. The molecule has 0 fully saturated rings. The van der Waals surface area contributed by atoms with E-state index in [1.165, 1.54) is 36.3 Å². The van der Waals surface area contributed by atoms with Gasteiger partial charge in [-0.05, 0) is 36.4 Å². The maximum absolute atomic E-state index is 6.89. The van der Waals surface area contributed by atoms with Crippen molar-refractivity contribution in [2.45, 2.75) is 0 Å². The maximum atomic E-state index is 6.89. The molecule has 4 heterocycles. The quantitative estimate of drug-likeness (QED) is 0.187. The van der Waals surface area contributed by atoms with Crippen molar-refractivity contribution in [2.75, 3.05) is 0 Å². The summed E-state index contributed by atoms with van der Waals surface area (Å²) in [7, 11) is 0. The lowest BCUT2D eigenvalue weighted by atomic mass is 10.0. The Bertz CT molecular complexity index is 3080. The van der Waals surface area contributed by atoms with Crippen molar-refractivity contribution in [3.8, 4) is 39.6 Å². The minimum atomic E-state index is 0.699. The monoisotopic (exact) mass is 669 g/mol. The lowest BCUT2D eigenvalue weighted by Gasteiger charge is -2.12. The lowest BCUT2D eigenvalue weighted by Crippen LogP contribution is -1.98. The van der Waals surface area contributed by atoms with Crippen LogP contribution < -0.4 is 0 Å². The van der Waals surface area contributed by atoms with Gasteiger partial charge in [-0.15, -0.1) is 11.3 Å². The Morgan fingerprint density at radius 2 is 1.14 bits per heavy atom. The molecule has 0 N–H and O–H groups in total. The molecule has 0 saturated heterocycles. The van der Waals surface area contributed by atoms with Crippen LogP contribution in [0.1, 0.15) is 0 Å². The van der Waals surface area contributed by atoms with Crippen molar-refractivity contribution in [1.82, 2.24) is 14.5 Å². The van der Waals surface area contributed by atoms with Gasteiger partial charge >= 0.3 is 0 Å². The molecular weight excluding hydrogens is 643 g/mol. The molecule has 0 spiro atoms. The molecule has 0 bridgehead atoms. The normalized spacial score (nSPS) is 11.9. The highest BCUT2D eigenvalue weighted by atomic mass is 32.1. The first-order valence-corrected chi connectivity index (χ1v) is 17.9. The number of benzene rings is 7. The standard InChI is InChI=1S/C46H27N3OS/c1-3-14-28(15-4-1)35-27-36(48-46(47-35)29-16-5-2-6-17-29)30-18-13-19-31(26-30)49-37-23-10-7-20-32(37)42-43(49)44-40(33-21-8-11-24-38(33)50-44)41-34-22-9-12-25-39(34)51-45(41)42/h1-27H. The van der Waals surface area contributed by atoms with E-state index in [1.807, 2.05) is 35.6 Å². The van der Waals surface area contributed by atoms with Crippen LogP contribution in [-0.2, 0) is 0 Å². The van der Waals surface area contributed by atoms with Crippen LogP contribution in [0.5, 0.6) is 0 Å². The fourth-order valence-corrected chi connectivity index (χ4v) is 9.03.